The van der Waals surface area contributed by atoms with Gasteiger partial charge < -0.3 is 25.0 Å². The number of nitrogens with one attached hydrogen (secondary N) is 2. The number of anilines is 2. The Hall–Kier alpha value is -2.59. The fraction of sp³-hybridized carbons (Fsp3) is 0.500. The van der Waals surface area contributed by atoms with Gasteiger partial charge in [0.1, 0.15) is 11.6 Å². The number of nitrogens with zero attached hydrogens (tertiary/aromatic N) is 3. The Morgan fingerprint density at radius 3 is 2.73 bits per heavy atom. The van der Waals surface area contributed by atoms with Crippen molar-refractivity contribution in [2.45, 2.75) is 25.3 Å². The molecule has 1 aromatic carbocycles. The Bertz CT molecular complexity index is 826. The van der Waals surface area contributed by atoms with E-state index >= 15 is 0 Å². The van der Waals surface area contributed by atoms with Crippen molar-refractivity contribution in [1.82, 2.24) is 14.9 Å². The van der Waals surface area contributed by atoms with Crippen molar-refractivity contribution in [2.75, 3.05) is 51.0 Å². The summed E-state index contributed by atoms with van der Waals surface area (Å²) in [6, 6.07) is 7.45. The normalized spacial score (nSPS) is 16.7. The highest BCUT2D eigenvalue weighted by Gasteiger charge is 2.31. The van der Waals surface area contributed by atoms with Crippen LogP contribution in [0.2, 0.25) is 0 Å². The molecule has 1 fully saturated rings. The smallest absolute Gasteiger partial charge is 0.406 e. The molecule has 30 heavy (non-hydrogen) atoms. The predicted molar refractivity (Wildman–Crippen MR) is 109 cm³/mol. The lowest BCUT2D eigenvalue weighted by molar-refractivity contribution is -0.274. The number of likely N-dealkylation sites (N-methyl/N-ethyl adjacent to an activating group) is 1. The van der Waals surface area contributed by atoms with Gasteiger partial charge in [-0.1, -0.05) is 12.1 Å². The molecule has 1 atom stereocenters. The molecule has 3 rings (SSSR count). The average Bonchev–Trinajstić information content (AvgIpc) is 3.18. The van der Waals surface area contributed by atoms with Crippen molar-refractivity contribution in [3.63, 3.8) is 0 Å². The van der Waals surface area contributed by atoms with Crippen molar-refractivity contribution in [3.8, 4) is 17.0 Å². The van der Waals surface area contributed by atoms with Crippen molar-refractivity contribution >= 4 is 11.8 Å². The second kappa shape index (κ2) is 9.94. The highest BCUT2D eigenvalue weighted by atomic mass is 19.4. The lowest BCUT2D eigenvalue weighted by Gasteiger charge is -2.15. The highest BCUT2D eigenvalue weighted by molar-refractivity contribution is 5.66. The van der Waals surface area contributed by atoms with Gasteiger partial charge >= 0.3 is 6.36 Å². The fourth-order valence-corrected chi connectivity index (χ4v) is 3.03. The van der Waals surface area contributed by atoms with Crippen LogP contribution < -0.4 is 15.4 Å². The summed E-state index contributed by atoms with van der Waals surface area (Å²) in [5.74, 6) is 0.672. The monoisotopic (exact) mass is 425 g/mol. The zero-order chi connectivity index (χ0) is 21.6. The third-order valence-electron chi connectivity index (χ3n) is 4.47. The summed E-state index contributed by atoms with van der Waals surface area (Å²) in [7, 11) is 3.92. The molecule has 164 valence electrons. The first-order valence-corrected chi connectivity index (χ1v) is 9.78. The second-order valence-corrected chi connectivity index (χ2v) is 7.28. The SMILES string of the molecule is CN(C)CCNc1nc(NC[C@H]2CCCO2)cc(-c2cccc(OC(F)(F)F)c2)n1. The van der Waals surface area contributed by atoms with E-state index in [1.807, 2.05) is 19.0 Å². The Labute approximate surface area is 173 Å². The number of ether oxygens (including phenoxy) is 2. The second-order valence-electron chi connectivity index (χ2n) is 7.28. The van der Waals surface area contributed by atoms with Crippen LogP contribution in [-0.4, -0.2) is 67.7 Å². The minimum atomic E-state index is -4.75. The number of alkyl halides is 3. The van der Waals surface area contributed by atoms with E-state index in [1.165, 1.54) is 18.2 Å². The van der Waals surface area contributed by atoms with E-state index in [1.54, 1.807) is 12.1 Å². The van der Waals surface area contributed by atoms with Gasteiger partial charge in [0.25, 0.3) is 0 Å². The molecule has 10 heteroatoms. The van der Waals surface area contributed by atoms with E-state index in [-0.39, 0.29) is 11.9 Å². The Balaban J connectivity index is 1.82. The van der Waals surface area contributed by atoms with Crippen LogP contribution in [0.15, 0.2) is 30.3 Å². The maximum absolute atomic E-state index is 12.6. The molecule has 0 spiro atoms. The average molecular weight is 425 g/mol. The topological polar surface area (TPSA) is 71.5 Å². The number of benzene rings is 1. The molecular formula is C20H26F3N5O2. The van der Waals surface area contributed by atoms with Gasteiger partial charge in [-0.15, -0.1) is 13.2 Å². The summed E-state index contributed by atoms with van der Waals surface area (Å²) in [6.45, 7) is 2.76. The van der Waals surface area contributed by atoms with E-state index < -0.39 is 6.36 Å². The number of hydrogen-bond acceptors (Lipinski definition) is 7. The summed E-state index contributed by atoms with van der Waals surface area (Å²) < 4.78 is 47.4. The van der Waals surface area contributed by atoms with Crippen LogP contribution in [0, 0.1) is 0 Å². The maximum atomic E-state index is 12.6. The molecule has 1 aliphatic heterocycles. The standard InChI is InChI=1S/C20H26F3N5O2/c1-28(2)9-8-24-19-26-17(12-18(27-19)25-13-16-7-4-10-29-16)14-5-3-6-15(11-14)30-20(21,22)23/h3,5-6,11-12,16H,4,7-10,13H2,1-2H3,(H2,24,25,26,27)/t16-/m1/s1. The van der Waals surface area contributed by atoms with Crippen LogP contribution in [0.5, 0.6) is 5.75 Å². The first-order chi connectivity index (χ1) is 14.3. The molecular weight excluding hydrogens is 399 g/mol. The number of halogens is 3. The Kier molecular flexibility index (Phi) is 7.33. The van der Waals surface area contributed by atoms with Gasteiger partial charge in [-0.05, 0) is 39.1 Å². The molecule has 7 nitrogen and oxygen atoms in total. The first-order valence-electron chi connectivity index (χ1n) is 9.78. The van der Waals surface area contributed by atoms with E-state index in [4.69, 9.17) is 4.74 Å². The molecule has 2 N–H and O–H groups in total. The molecule has 0 amide bonds. The van der Waals surface area contributed by atoms with Crippen LogP contribution in [0.25, 0.3) is 11.3 Å². The molecule has 0 unspecified atom stereocenters. The highest BCUT2D eigenvalue weighted by Crippen LogP contribution is 2.28. The molecule has 0 saturated carbocycles. The summed E-state index contributed by atoms with van der Waals surface area (Å²) in [6.07, 6.45) is -2.62. The van der Waals surface area contributed by atoms with E-state index in [9.17, 15) is 13.2 Å². The Morgan fingerprint density at radius 2 is 2.03 bits per heavy atom. The molecule has 1 saturated heterocycles. The van der Waals surface area contributed by atoms with Gasteiger partial charge in [-0.25, -0.2) is 4.98 Å². The lowest BCUT2D eigenvalue weighted by atomic mass is 10.1. The number of rotatable bonds is 9. The van der Waals surface area contributed by atoms with E-state index in [0.29, 0.717) is 36.1 Å². The van der Waals surface area contributed by atoms with E-state index in [0.717, 1.165) is 26.0 Å². The van der Waals surface area contributed by atoms with Gasteiger partial charge in [0, 0.05) is 37.9 Å². The molecule has 0 bridgehead atoms. The molecule has 2 aromatic rings. The van der Waals surface area contributed by atoms with Crippen LogP contribution in [0.4, 0.5) is 24.9 Å². The van der Waals surface area contributed by atoms with Gasteiger partial charge in [0.15, 0.2) is 0 Å². The summed E-state index contributed by atoms with van der Waals surface area (Å²) in [5, 5.41) is 6.41. The fourth-order valence-electron chi connectivity index (χ4n) is 3.03. The minimum absolute atomic E-state index is 0.122. The van der Waals surface area contributed by atoms with Gasteiger partial charge in [0.2, 0.25) is 5.95 Å². The minimum Gasteiger partial charge on any atom is -0.406 e. The summed E-state index contributed by atoms with van der Waals surface area (Å²) >= 11 is 0. The molecule has 1 aliphatic rings. The molecule has 0 radical (unpaired) electrons. The van der Waals surface area contributed by atoms with Crippen LogP contribution >= 0.6 is 0 Å². The molecule has 0 aliphatic carbocycles. The van der Waals surface area contributed by atoms with E-state index in [2.05, 4.69) is 25.3 Å². The van der Waals surface area contributed by atoms with Crippen LogP contribution in [0.1, 0.15) is 12.8 Å². The third-order valence-corrected chi connectivity index (χ3v) is 4.47. The van der Waals surface area contributed by atoms with Crippen LogP contribution in [-0.2, 0) is 4.74 Å². The number of hydrogen-bond donors (Lipinski definition) is 2. The third kappa shape index (κ3) is 7.03. The zero-order valence-electron chi connectivity index (χ0n) is 17.0. The Morgan fingerprint density at radius 1 is 1.20 bits per heavy atom. The summed E-state index contributed by atoms with van der Waals surface area (Å²) in [4.78, 5) is 11.0. The van der Waals surface area contributed by atoms with Crippen molar-refractivity contribution in [2.24, 2.45) is 0 Å². The first kappa shape index (κ1) is 22.1. The number of aromatic nitrogens is 2. The molecule has 2 heterocycles. The van der Waals surface area contributed by atoms with Crippen LogP contribution in [0.3, 0.4) is 0 Å². The largest absolute Gasteiger partial charge is 0.573 e. The van der Waals surface area contributed by atoms with Crippen molar-refractivity contribution < 1.29 is 22.6 Å². The zero-order valence-corrected chi connectivity index (χ0v) is 17.0. The quantitative estimate of drug-likeness (QED) is 0.636. The molecule has 1 aromatic heterocycles. The summed E-state index contributed by atoms with van der Waals surface area (Å²) in [5.41, 5.74) is 0.981. The van der Waals surface area contributed by atoms with Gasteiger partial charge in [-0.2, -0.15) is 4.98 Å². The maximum Gasteiger partial charge on any atom is 0.573 e. The van der Waals surface area contributed by atoms with Crippen molar-refractivity contribution in [1.29, 1.82) is 0 Å². The van der Waals surface area contributed by atoms with Gasteiger partial charge in [0.05, 0.1) is 11.8 Å². The lowest BCUT2D eigenvalue weighted by Crippen LogP contribution is -2.22. The van der Waals surface area contributed by atoms with Crippen molar-refractivity contribution in [3.05, 3.63) is 30.3 Å². The predicted octanol–water partition coefficient (Wildman–Crippen LogP) is 3.61. The van der Waals surface area contributed by atoms with Gasteiger partial charge in [-0.3, -0.25) is 0 Å².